The van der Waals surface area contributed by atoms with Crippen molar-refractivity contribution in [2.45, 2.75) is 27.4 Å². The molecule has 1 heterocycles. The molecule has 0 unspecified atom stereocenters. The van der Waals surface area contributed by atoms with Crippen LogP contribution in [0.2, 0.25) is 5.02 Å². The van der Waals surface area contributed by atoms with Crippen LogP contribution in [0.25, 0.3) is 6.08 Å². The summed E-state index contributed by atoms with van der Waals surface area (Å²) >= 11 is 6.06. The van der Waals surface area contributed by atoms with E-state index in [-0.39, 0.29) is 5.57 Å². The Labute approximate surface area is 202 Å². The largest absolute Gasteiger partial charge is 0.489 e. The summed E-state index contributed by atoms with van der Waals surface area (Å²) in [4.78, 5) is 38.9. The molecule has 4 amide bonds. The number of benzene rings is 3. The number of hydrogen-bond donors (Lipinski definition) is 1. The summed E-state index contributed by atoms with van der Waals surface area (Å²) in [6.45, 7) is 6.27. The number of rotatable bonds is 5. The van der Waals surface area contributed by atoms with Crippen molar-refractivity contribution in [3.05, 3.63) is 99.1 Å². The van der Waals surface area contributed by atoms with Crippen molar-refractivity contribution in [2.75, 3.05) is 4.90 Å². The molecular formula is C27H23ClN2O4. The second kappa shape index (κ2) is 9.53. The van der Waals surface area contributed by atoms with E-state index in [4.69, 9.17) is 16.3 Å². The Morgan fingerprint density at radius 3 is 2.26 bits per heavy atom. The molecule has 6 nitrogen and oxygen atoms in total. The van der Waals surface area contributed by atoms with Crippen molar-refractivity contribution in [3.8, 4) is 5.75 Å². The Morgan fingerprint density at radius 1 is 0.912 bits per heavy atom. The third-order valence-electron chi connectivity index (χ3n) is 5.39. The first-order chi connectivity index (χ1) is 16.2. The van der Waals surface area contributed by atoms with Gasteiger partial charge in [-0.05, 0) is 67.8 Å². The molecule has 7 heteroatoms. The topological polar surface area (TPSA) is 75.7 Å². The number of ether oxygens (including phenoxy) is 1. The van der Waals surface area contributed by atoms with Gasteiger partial charge >= 0.3 is 6.03 Å². The number of nitrogens with one attached hydrogen (secondary N) is 1. The number of hydrogen-bond acceptors (Lipinski definition) is 4. The number of carbonyl (C=O) groups is 3. The molecule has 1 aliphatic rings. The number of carbonyl (C=O) groups excluding carboxylic acids is 3. The summed E-state index contributed by atoms with van der Waals surface area (Å²) in [5.41, 5.74) is 4.90. The molecule has 4 rings (SSSR count). The summed E-state index contributed by atoms with van der Waals surface area (Å²) in [6, 6.07) is 17.4. The molecule has 0 spiro atoms. The van der Waals surface area contributed by atoms with Crippen LogP contribution in [0, 0.1) is 20.8 Å². The molecule has 0 atom stereocenters. The minimum absolute atomic E-state index is 0.150. The van der Waals surface area contributed by atoms with Crippen LogP contribution in [0.3, 0.4) is 0 Å². The molecule has 34 heavy (non-hydrogen) atoms. The van der Waals surface area contributed by atoms with Gasteiger partial charge in [0.2, 0.25) is 0 Å². The van der Waals surface area contributed by atoms with E-state index in [2.05, 4.69) is 23.5 Å². The highest BCUT2D eigenvalue weighted by molar-refractivity contribution is 6.39. The minimum Gasteiger partial charge on any atom is -0.489 e. The van der Waals surface area contributed by atoms with Crippen LogP contribution in [0.4, 0.5) is 10.5 Å². The Kier molecular flexibility index (Phi) is 6.52. The van der Waals surface area contributed by atoms with E-state index in [1.807, 2.05) is 13.8 Å². The van der Waals surface area contributed by atoms with Crippen LogP contribution in [0.5, 0.6) is 5.75 Å². The monoisotopic (exact) mass is 474 g/mol. The van der Waals surface area contributed by atoms with Crippen molar-refractivity contribution < 1.29 is 19.1 Å². The molecule has 1 aliphatic heterocycles. The zero-order valence-electron chi connectivity index (χ0n) is 19.0. The number of anilines is 1. The van der Waals surface area contributed by atoms with Crippen molar-refractivity contribution in [1.82, 2.24) is 5.32 Å². The third-order valence-corrected chi connectivity index (χ3v) is 5.63. The van der Waals surface area contributed by atoms with Crippen molar-refractivity contribution in [3.63, 3.8) is 0 Å². The highest BCUT2D eigenvalue weighted by Gasteiger charge is 2.37. The Hall–Kier alpha value is -3.90. The summed E-state index contributed by atoms with van der Waals surface area (Å²) in [6.07, 6.45) is 1.45. The van der Waals surface area contributed by atoms with E-state index < -0.39 is 17.8 Å². The fraction of sp³-hybridized carbons (Fsp3) is 0.148. The number of halogens is 1. The van der Waals surface area contributed by atoms with Gasteiger partial charge in [0.25, 0.3) is 11.8 Å². The molecule has 0 radical (unpaired) electrons. The average molecular weight is 475 g/mol. The average Bonchev–Trinajstić information content (AvgIpc) is 2.77. The van der Waals surface area contributed by atoms with Gasteiger partial charge in [0.05, 0.1) is 5.69 Å². The normalized spacial score (nSPS) is 15.0. The zero-order chi connectivity index (χ0) is 24.4. The molecule has 0 aliphatic carbocycles. The maximum absolute atomic E-state index is 13.1. The SMILES string of the molecule is Cc1cc(C)cc(COc2ccc(/C=C3\C(=O)NC(=O)N(c4cc(Cl)ccc4C)C3=O)cc2)c1. The van der Waals surface area contributed by atoms with Gasteiger partial charge in [-0.2, -0.15) is 0 Å². The molecule has 172 valence electrons. The van der Waals surface area contributed by atoms with Gasteiger partial charge in [-0.1, -0.05) is 59.1 Å². The van der Waals surface area contributed by atoms with Crippen molar-refractivity contribution >= 4 is 41.2 Å². The van der Waals surface area contributed by atoms with E-state index in [1.165, 1.54) is 23.3 Å². The second-order valence-electron chi connectivity index (χ2n) is 8.24. The van der Waals surface area contributed by atoms with Gasteiger partial charge in [0.15, 0.2) is 0 Å². The van der Waals surface area contributed by atoms with E-state index in [1.54, 1.807) is 43.3 Å². The van der Waals surface area contributed by atoms with Gasteiger partial charge in [0.1, 0.15) is 17.9 Å². The quantitative estimate of drug-likeness (QED) is 0.390. The van der Waals surface area contributed by atoms with Crippen molar-refractivity contribution in [1.29, 1.82) is 0 Å². The van der Waals surface area contributed by atoms with E-state index in [0.29, 0.717) is 34.2 Å². The number of nitrogens with zero attached hydrogens (tertiary/aromatic N) is 1. The molecule has 0 saturated carbocycles. The first kappa shape index (κ1) is 23.3. The maximum Gasteiger partial charge on any atom is 0.335 e. The second-order valence-corrected chi connectivity index (χ2v) is 8.68. The van der Waals surface area contributed by atoms with Crippen molar-refractivity contribution in [2.24, 2.45) is 0 Å². The highest BCUT2D eigenvalue weighted by atomic mass is 35.5. The fourth-order valence-electron chi connectivity index (χ4n) is 3.85. The minimum atomic E-state index is -0.812. The Bertz CT molecular complexity index is 1310. The lowest BCUT2D eigenvalue weighted by Crippen LogP contribution is -2.54. The van der Waals surface area contributed by atoms with Crippen LogP contribution in [0.15, 0.2) is 66.2 Å². The van der Waals surface area contributed by atoms with Crippen LogP contribution in [-0.4, -0.2) is 17.8 Å². The van der Waals surface area contributed by atoms with Gasteiger partial charge in [-0.25, -0.2) is 9.69 Å². The number of barbiturate groups is 1. The van der Waals surface area contributed by atoms with Crippen LogP contribution in [-0.2, 0) is 16.2 Å². The smallest absolute Gasteiger partial charge is 0.335 e. The highest BCUT2D eigenvalue weighted by Crippen LogP contribution is 2.28. The molecule has 3 aromatic carbocycles. The predicted molar refractivity (Wildman–Crippen MR) is 132 cm³/mol. The van der Waals surface area contributed by atoms with E-state index in [0.717, 1.165) is 10.5 Å². The molecule has 3 aromatic rings. The fourth-order valence-corrected chi connectivity index (χ4v) is 4.01. The lowest BCUT2D eigenvalue weighted by atomic mass is 10.1. The first-order valence-electron chi connectivity index (χ1n) is 10.7. The molecule has 0 aromatic heterocycles. The molecule has 1 fully saturated rings. The maximum atomic E-state index is 13.1. The van der Waals surface area contributed by atoms with Crippen LogP contribution < -0.4 is 15.0 Å². The van der Waals surface area contributed by atoms with E-state index >= 15 is 0 Å². The standard InChI is InChI=1S/C27H23ClN2O4/c1-16-10-17(2)12-20(11-16)15-34-22-8-5-19(6-9-22)13-23-25(31)29-27(33)30(26(23)32)24-14-21(28)7-4-18(24)3/h4-14H,15H2,1-3H3,(H,29,31,33)/b23-13+. The van der Waals surface area contributed by atoms with Crippen LogP contribution in [0.1, 0.15) is 27.8 Å². The summed E-state index contributed by atoms with van der Waals surface area (Å²) in [7, 11) is 0. The zero-order valence-corrected chi connectivity index (χ0v) is 19.8. The van der Waals surface area contributed by atoms with Gasteiger partial charge in [-0.3, -0.25) is 14.9 Å². The molecule has 1 saturated heterocycles. The number of amides is 4. The van der Waals surface area contributed by atoms with Gasteiger partial charge in [-0.15, -0.1) is 0 Å². The molecule has 0 bridgehead atoms. The third kappa shape index (κ3) is 5.02. The number of imide groups is 2. The van der Waals surface area contributed by atoms with Gasteiger partial charge in [0, 0.05) is 5.02 Å². The Balaban J connectivity index is 1.54. The van der Waals surface area contributed by atoms with Crippen LogP contribution >= 0.6 is 11.6 Å². The number of urea groups is 1. The molecule has 1 N–H and O–H groups in total. The first-order valence-corrected chi connectivity index (χ1v) is 11.1. The molecular weight excluding hydrogens is 452 g/mol. The Morgan fingerprint density at radius 2 is 1.59 bits per heavy atom. The summed E-state index contributed by atoms with van der Waals surface area (Å²) in [5.74, 6) is -0.803. The summed E-state index contributed by atoms with van der Waals surface area (Å²) in [5, 5.41) is 2.60. The number of aryl methyl sites for hydroxylation is 3. The lowest BCUT2D eigenvalue weighted by molar-refractivity contribution is -0.122. The van der Waals surface area contributed by atoms with E-state index in [9.17, 15) is 14.4 Å². The lowest BCUT2D eigenvalue weighted by Gasteiger charge is -2.27. The predicted octanol–water partition coefficient (Wildman–Crippen LogP) is 5.51. The summed E-state index contributed by atoms with van der Waals surface area (Å²) < 4.78 is 5.87. The van der Waals surface area contributed by atoms with Gasteiger partial charge < -0.3 is 4.74 Å².